The van der Waals surface area contributed by atoms with E-state index in [4.69, 9.17) is 9.15 Å². The molecule has 262 valence electrons. The summed E-state index contributed by atoms with van der Waals surface area (Å²) in [6.45, 7) is 0. The van der Waals surface area contributed by atoms with Crippen molar-refractivity contribution in [2.45, 2.75) is 18.4 Å². The molecule has 6 aromatic carbocycles. The molecule has 55 heavy (non-hydrogen) atoms. The van der Waals surface area contributed by atoms with Crippen LogP contribution in [0.1, 0.15) is 29.2 Å². The number of benzene rings is 6. The zero-order valence-electron chi connectivity index (χ0n) is 30.2. The smallest absolute Gasteiger partial charge is 0.142 e. The fraction of sp³-hybridized carbons (Fsp3) is 0.0769. The predicted molar refractivity (Wildman–Crippen MR) is 226 cm³/mol. The third kappa shape index (κ3) is 5.34. The van der Waals surface area contributed by atoms with Crippen LogP contribution in [0.25, 0.3) is 56.0 Å². The monoisotopic (exact) mass is 707 g/mol. The van der Waals surface area contributed by atoms with Crippen LogP contribution in [0.5, 0.6) is 5.75 Å². The Hall–Kier alpha value is -6.84. The first kappa shape index (κ1) is 31.7. The Morgan fingerprint density at radius 2 is 1.24 bits per heavy atom. The summed E-state index contributed by atoms with van der Waals surface area (Å²) in [5, 5.41) is 1.13. The Labute approximate surface area is 321 Å². The predicted octanol–water partition coefficient (Wildman–Crippen LogP) is 13.6. The van der Waals surface area contributed by atoms with Crippen LogP contribution in [-0.2, 0) is 0 Å². The minimum atomic E-state index is 0.0572. The molecule has 3 unspecified atom stereocenters. The Morgan fingerprint density at radius 3 is 2.09 bits per heavy atom. The first-order valence-corrected chi connectivity index (χ1v) is 19.2. The Morgan fingerprint density at radius 1 is 0.545 bits per heavy atom. The third-order valence-corrected chi connectivity index (χ3v) is 11.5. The minimum Gasteiger partial charge on any atom is -0.485 e. The van der Waals surface area contributed by atoms with Gasteiger partial charge < -0.3 is 14.1 Å². The average molecular weight is 708 g/mol. The van der Waals surface area contributed by atoms with Crippen molar-refractivity contribution in [1.29, 1.82) is 0 Å². The normalized spacial score (nSPS) is 18.8. The number of allylic oxidation sites excluding steroid dienone is 6. The molecule has 0 N–H and O–H groups in total. The van der Waals surface area contributed by atoms with Gasteiger partial charge in [-0.05, 0) is 70.3 Å². The van der Waals surface area contributed by atoms with Crippen LogP contribution < -0.4 is 9.64 Å². The van der Waals surface area contributed by atoms with Crippen LogP contribution in [-0.4, -0.2) is 6.10 Å². The molecule has 3 heteroatoms. The topological polar surface area (TPSA) is 25.6 Å². The van der Waals surface area contributed by atoms with Crippen molar-refractivity contribution in [3.8, 4) is 39.1 Å². The molecule has 1 aliphatic heterocycles. The van der Waals surface area contributed by atoms with Crippen molar-refractivity contribution in [3.05, 3.63) is 211 Å². The lowest BCUT2D eigenvalue weighted by molar-refractivity contribution is 0.279. The lowest BCUT2D eigenvalue weighted by atomic mass is 9.77. The summed E-state index contributed by atoms with van der Waals surface area (Å²) in [7, 11) is 0. The van der Waals surface area contributed by atoms with E-state index in [1.807, 2.05) is 0 Å². The Kier molecular flexibility index (Phi) is 7.44. The van der Waals surface area contributed by atoms with Crippen molar-refractivity contribution >= 4 is 34.0 Å². The molecule has 11 rings (SSSR count). The van der Waals surface area contributed by atoms with Gasteiger partial charge in [0.2, 0.25) is 0 Å². The Bertz CT molecular complexity index is 2760. The number of hydrogen-bond acceptors (Lipinski definition) is 3. The van der Waals surface area contributed by atoms with Crippen LogP contribution in [0, 0.1) is 5.92 Å². The van der Waals surface area contributed by atoms with Gasteiger partial charge in [0.05, 0.1) is 0 Å². The van der Waals surface area contributed by atoms with Gasteiger partial charge in [0, 0.05) is 63.0 Å². The number of nitrogens with zero attached hydrogens (tertiary/aromatic N) is 1. The molecule has 0 spiro atoms. The molecule has 4 aliphatic rings. The van der Waals surface area contributed by atoms with Crippen LogP contribution in [0.15, 0.2) is 198 Å². The highest BCUT2D eigenvalue weighted by Gasteiger charge is 2.37. The molecule has 0 fully saturated rings. The fourth-order valence-corrected chi connectivity index (χ4v) is 8.88. The van der Waals surface area contributed by atoms with Crippen molar-refractivity contribution < 1.29 is 9.15 Å². The van der Waals surface area contributed by atoms with E-state index in [1.165, 1.54) is 28.0 Å². The maximum atomic E-state index is 6.99. The highest BCUT2D eigenvalue weighted by Crippen LogP contribution is 2.50. The standard InChI is InChI=1S/C52H37NO2/c1-3-13-34(14-4-1)36-15-11-16-38(31-36)41-22-12-23-46-47-33-48(42-19-7-8-21-45(42)52(47)55-51(41)46)53(39-17-5-2-6-18-39)40-28-25-35(26-29-40)37-27-30-44-43-20-9-10-24-49(43)54-50(44)32-37/h1-23,25-33,42,45,49H,24H2. The maximum absolute atomic E-state index is 6.99. The molecule has 0 saturated carbocycles. The second-order valence-corrected chi connectivity index (χ2v) is 14.7. The number of rotatable bonds is 6. The first-order chi connectivity index (χ1) is 27.3. The van der Waals surface area contributed by atoms with Gasteiger partial charge in [0.25, 0.3) is 0 Å². The molecule has 2 heterocycles. The van der Waals surface area contributed by atoms with Gasteiger partial charge in [-0.2, -0.15) is 0 Å². The SMILES string of the molecule is C1=CCC2Oc3cc(-c4ccc(N(C5=Cc6c(oc7c(-c8cccc(-c9ccccc9)c8)cccc67)C6C=CC=CC56)c5ccccc5)cc4)ccc3C2=C1. The minimum absolute atomic E-state index is 0.0572. The van der Waals surface area contributed by atoms with E-state index in [0.717, 1.165) is 68.1 Å². The molecule has 7 aromatic rings. The number of hydrogen-bond donors (Lipinski definition) is 0. The maximum Gasteiger partial charge on any atom is 0.142 e. The van der Waals surface area contributed by atoms with E-state index in [1.54, 1.807) is 0 Å². The van der Waals surface area contributed by atoms with Crippen LogP contribution in [0.4, 0.5) is 11.4 Å². The van der Waals surface area contributed by atoms with Crippen molar-refractivity contribution in [2.24, 2.45) is 5.92 Å². The van der Waals surface area contributed by atoms with E-state index in [2.05, 4.69) is 199 Å². The van der Waals surface area contributed by atoms with Gasteiger partial charge in [0.15, 0.2) is 0 Å². The quantitative estimate of drug-likeness (QED) is 0.172. The molecular formula is C52H37NO2. The second-order valence-electron chi connectivity index (χ2n) is 14.7. The molecular weight excluding hydrogens is 671 g/mol. The molecule has 0 saturated heterocycles. The lowest BCUT2D eigenvalue weighted by Crippen LogP contribution is -2.28. The van der Waals surface area contributed by atoms with E-state index < -0.39 is 0 Å². The van der Waals surface area contributed by atoms with E-state index >= 15 is 0 Å². The summed E-state index contributed by atoms with van der Waals surface area (Å²) in [5.41, 5.74) is 15.0. The summed E-state index contributed by atoms with van der Waals surface area (Å²) in [6, 6.07) is 52.3. The molecule has 3 atom stereocenters. The molecule has 3 aliphatic carbocycles. The van der Waals surface area contributed by atoms with Gasteiger partial charge in [-0.3, -0.25) is 0 Å². The summed E-state index contributed by atoms with van der Waals surface area (Å²) >= 11 is 0. The summed E-state index contributed by atoms with van der Waals surface area (Å²) in [5.74, 6) is 2.13. The number of anilines is 2. The van der Waals surface area contributed by atoms with Gasteiger partial charge >= 0.3 is 0 Å². The molecule has 1 aromatic heterocycles. The number of ether oxygens (including phenoxy) is 1. The number of furan rings is 1. The van der Waals surface area contributed by atoms with E-state index in [-0.39, 0.29) is 17.9 Å². The van der Waals surface area contributed by atoms with Crippen molar-refractivity contribution in [1.82, 2.24) is 0 Å². The van der Waals surface area contributed by atoms with E-state index in [0.29, 0.717) is 0 Å². The van der Waals surface area contributed by atoms with Crippen molar-refractivity contribution in [2.75, 3.05) is 4.90 Å². The van der Waals surface area contributed by atoms with Gasteiger partial charge in [-0.1, -0.05) is 152 Å². The lowest BCUT2D eigenvalue weighted by Gasteiger charge is -2.37. The summed E-state index contributed by atoms with van der Waals surface area (Å²) in [6.07, 6.45) is 18.9. The molecule has 0 radical (unpaired) electrons. The van der Waals surface area contributed by atoms with Gasteiger partial charge in [-0.25, -0.2) is 0 Å². The third-order valence-electron chi connectivity index (χ3n) is 11.5. The van der Waals surface area contributed by atoms with Crippen molar-refractivity contribution in [3.63, 3.8) is 0 Å². The summed E-state index contributed by atoms with van der Waals surface area (Å²) < 4.78 is 13.4. The number of para-hydroxylation sites is 2. The second kappa shape index (κ2) is 12.9. The van der Waals surface area contributed by atoms with Crippen LogP contribution in [0.3, 0.4) is 0 Å². The highest BCUT2D eigenvalue weighted by molar-refractivity contribution is 6.00. The Balaban J connectivity index is 1.01. The van der Waals surface area contributed by atoms with Crippen LogP contribution in [0.2, 0.25) is 0 Å². The average Bonchev–Trinajstić information content (AvgIpc) is 3.83. The van der Waals surface area contributed by atoms with Crippen LogP contribution >= 0.6 is 0 Å². The zero-order chi connectivity index (χ0) is 36.3. The molecule has 0 bridgehead atoms. The molecule has 3 nitrogen and oxygen atoms in total. The number of fused-ring (bicyclic) bond motifs is 8. The largest absolute Gasteiger partial charge is 0.485 e. The van der Waals surface area contributed by atoms with Gasteiger partial charge in [-0.15, -0.1) is 0 Å². The molecule has 0 amide bonds. The van der Waals surface area contributed by atoms with Gasteiger partial charge in [0.1, 0.15) is 23.2 Å². The highest BCUT2D eigenvalue weighted by atomic mass is 16.5. The zero-order valence-corrected chi connectivity index (χ0v) is 30.2. The summed E-state index contributed by atoms with van der Waals surface area (Å²) in [4.78, 5) is 2.43. The first-order valence-electron chi connectivity index (χ1n) is 19.2. The van der Waals surface area contributed by atoms with E-state index in [9.17, 15) is 0 Å². The fourth-order valence-electron chi connectivity index (χ4n) is 8.88.